The van der Waals surface area contributed by atoms with E-state index in [2.05, 4.69) is 37.9 Å². The molecule has 3 aromatic heterocycles. The number of ether oxygens (including phenoxy) is 2. The van der Waals surface area contributed by atoms with Gasteiger partial charge in [-0.3, -0.25) is 9.78 Å². The number of nitrogens with zero attached hydrogens (tertiary/aromatic N) is 9. The number of hydrogen-bond donors (Lipinski definition) is 0. The molecule has 2 aliphatic heterocycles. The van der Waals surface area contributed by atoms with E-state index in [4.69, 9.17) is 19.4 Å². The van der Waals surface area contributed by atoms with Crippen LogP contribution in [-0.2, 0) is 4.79 Å². The second kappa shape index (κ2) is 18.1. The van der Waals surface area contributed by atoms with Crippen LogP contribution in [0.25, 0.3) is 43.8 Å². The topological polar surface area (TPSA) is 135 Å². The van der Waals surface area contributed by atoms with Crippen molar-refractivity contribution >= 4 is 44.8 Å². The molecule has 0 spiro atoms. The molecule has 304 valence electrons. The molecular formula is C49H45N9O3. The van der Waals surface area contributed by atoms with Gasteiger partial charge in [0.2, 0.25) is 5.91 Å². The number of nitriles is 2. The van der Waals surface area contributed by atoms with Gasteiger partial charge in [0.25, 0.3) is 0 Å². The maximum absolute atomic E-state index is 11.7. The van der Waals surface area contributed by atoms with Crippen LogP contribution in [0.5, 0.6) is 11.5 Å². The molecule has 0 bridgehead atoms. The van der Waals surface area contributed by atoms with Crippen molar-refractivity contribution < 1.29 is 14.3 Å². The Morgan fingerprint density at radius 1 is 0.557 bits per heavy atom. The van der Waals surface area contributed by atoms with E-state index < -0.39 is 0 Å². The van der Waals surface area contributed by atoms with E-state index in [0.717, 1.165) is 93.1 Å². The van der Waals surface area contributed by atoms with Crippen molar-refractivity contribution in [2.45, 2.75) is 6.92 Å². The van der Waals surface area contributed by atoms with Crippen LogP contribution in [0.15, 0.2) is 122 Å². The largest absolute Gasteiger partial charge is 0.497 e. The normalized spacial score (nSPS) is 13.9. The van der Waals surface area contributed by atoms with Gasteiger partial charge in [-0.05, 0) is 70.4 Å². The number of carbonyl (C=O) groups excluding carboxylic acids is 1. The quantitative estimate of drug-likeness (QED) is 0.155. The molecule has 12 nitrogen and oxygen atoms in total. The van der Waals surface area contributed by atoms with Crippen LogP contribution < -0.4 is 24.2 Å². The number of amides is 1. The minimum atomic E-state index is 0.0874. The van der Waals surface area contributed by atoms with Crippen molar-refractivity contribution in [1.82, 2.24) is 19.9 Å². The fourth-order valence-corrected chi connectivity index (χ4v) is 8.21. The summed E-state index contributed by atoms with van der Waals surface area (Å²) in [6, 6.07) is 40.4. The van der Waals surface area contributed by atoms with Gasteiger partial charge in [-0.1, -0.05) is 60.7 Å². The Hall–Kier alpha value is -7.70. The van der Waals surface area contributed by atoms with Crippen molar-refractivity contribution in [2.24, 2.45) is 0 Å². The lowest BCUT2D eigenvalue weighted by atomic mass is 9.96. The first-order valence-electron chi connectivity index (χ1n) is 20.3. The number of rotatable bonds is 7. The first-order chi connectivity index (χ1) is 29.9. The lowest BCUT2D eigenvalue weighted by Crippen LogP contribution is -2.48. The zero-order chi connectivity index (χ0) is 42.3. The van der Waals surface area contributed by atoms with Crippen LogP contribution in [-0.4, -0.2) is 92.3 Å². The lowest BCUT2D eigenvalue weighted by Gasteiger charge is -2.37. The Morgan fingerprint density at radius 2 is 0.984 bits per heavy atom. The molecule has 7 aromatic rings. The summed E-state index contributed by atoms with van der Waals surface area (Å²) in [7, 11) is 3.30. The summed E-state index contributed by atoms with van der Waals surface area (Å²) in [5.74, 6) is 3.22. The molecule has 61 heavy (non-hydrogen) atoms. The average Bonchev–Trinajstić information content (AvgIpc) is 3.33. The molecule has 2 fully saturated rings. The average molecular weight is 808 g/mol. The number of pyridine rings is 3. The number of hydrogen-bond acceptors (Lipinski definition) is 11. The van der Waals surface area contributed by atoms with Crippen molar-refractivity contribution in [2.75, 3.05) is 81.3 Å². The highest BCUT2D eigenvalue weighted by Crippen LogP contribution is 2.40. The van der Waals surface area contributed by atoms with Crippen molar-refractivity contribution in [3.8, 4) is 45.9 Å². The van der Waals surface area contributed by atoms with Crippen LogP contribution in [0.3, 0.4) is 0 Å². The van der Waals surface area contributed by atoms with E-state index in [-0.39, 0.29) is 5.91 Å². The molecule has 0 radical (unpaired) electrons. The van der Waals surface area contributed by atoms with Crippen molar-refractivity contribution in [3.05, 3.63) is 133 Å². The smallest absolute Gasteiger partial charge is 0.219 e. The van der Waals surface area contributed by atoms with Crippen molar-refractivity contribution in [1.29, 1.82) is 10.5 Å². The monoisotopic (exact) mass is 807 g/mol. The van der Waals surface area contributed by atoms with Crippen LogP contribution in [0.4, 0.5) is 17.3 Å². The number of fused-ring (bicyclic) bond motifs is 2. The Labute approximate surface area is 355 Å². The number of aromatic nitrogens is 3. The Balaban J connectivity index is 0.000000169. The first kappa shape index (κ1) is 40.1. The maximum Gasteiger partial charge on any atom is 0.219 e. The van der Waals surface area contributed by atoms with E-state index in [1.165, 1.54) is 5.69 Å². The summed E-state index contributed by atoms with van der Waals surface area (Å²) in [6.07, 6.45) is 3.65. The zero-order valence-electron chi connectivity index (χ0n) is 34.5. The minimum absolute atomic E-state index is 0.0874. The molecule has 0 atom stereocenters. The van der Waals surface area contributed by atoms with Crippen LogP contribution in [0, 0.1) is 22.7 Å². The standard InChI is InChI=1S/C26H23N5O.C23H22N4O2/c1-32-21-7-8-22-23(17-21)25(19-5-3-2-4-6-19)24(18-27)29-26(22)31-15-13-30(14-16-31)20-9-11-28-12-10-20;1-16(28)26-10-12-27(13-11-26)23-19-9-8-18(29-2)14-20(19)22(21(15-24)25-23)17-6-4-3-5-7-17/h2-12,17H,13-16H2,1H3;3-9,14H,10-13H2,1-2H3. The van der Waals surface area contributed by atoms with Gasteiger partial charge >= 0.3 is 0 Å². The number of anilines is 3. The van der Waals surface area contributed by atoms with Gasteiger partial charge in [0.1, 0.15) is 35.3 Å². The predicted octanol–water partition coefficient (Wildman–Crippen LogP) is 7.95. The van der Waals surface area contributed by atoms with Gasteiger partial charge < -0.3 is 29.1 Å². The predicted molar refractivity (Wildman–Crippen MR) is 240 cm³/mol. The molecule has 0 saturated carbocycles. The molecule has 2 saturated heterocycles. The lowest BCUT2D eigenvalue weighted by molar-refractivity contribution is -0.129. The third-order valence-electron chi connectivity index (χ3n) is 11.4. The fourth-order valence-electron chi connectivity index (χ4n) is 8.21. The molecule has 5 heterocycles. The number of benzene rings is 4. The fraction of sp³-hybridized carbons (Fsp3) is 0.224. The summed E-state index contributed by atoms with van der Waals surface area (Å²) in [4.78, 5) is 34.0. The van der Waals surface area contributed by atoms with Crippen LogP contribution >= 0.6 is 0 Å². The summed E-state index contributed by atoms with van der Waals surface area (Å²) in [6.45, 7) is 7.67. The first-order valence-corrected chi connectivity index (χ1v) is 20.3. The summed E-state index contributed by atoms with van der Waals surface area (Å²) < 4.78 is 11.0. The SMILES string of the molecule is COc1ccc2c(N3CCN(C(C)=O)CC3)nc(C#N)c(-c3ccccc3)c2c1.COc1ccc2c(N3CCN(c4ccncc4)CC3)nc(C#N)c(-c3ccccc3)c2c1. The van der Waals surface area contributed by atoms with E-state index in [9.17, 15) is 15.3 Å². The molecular weight excluding hydrogens is 763 g/mol. The van der Waals surface area contributed by atoms with Gasteiger partial charge in [0, 0.05) is 99.3 Å². The van der Waals surface area contributed by atoms with Gasteiger partial charge in [0.15, 0.2) is 11.4 Å². The van der Waals surface area contributed by atoms with Gasteiger partial charge in [-0.15, -0.1) is 0 Å². The second-order valence-corrected chi connectivity index (χ2v) is 14.8. The molecule has 0 unspecified atom stereocenters. The highest BCUT2D eigenvalue weighted by Gasteiger charge is 2.26. The summed E-state index contributed by atoms with van der Waals surface area (Å²) in [5.41, 5.74) is 5.59. The number of piperazine rings is 2. The number of carbonyl (C=O) groups is 1. The van der Waals surface area contributed by atoms with E-state index >= 15 is 0 Å². The van der Waals surface area contributed by atoms with Gasteiger partial charge in [0.05, 0.1) is 14.2 Å². The summed E-state index contributed by atoms with van der Waals surface area (Å²) in [5, 5.41) is 23.8. The zero-order valence-corrected chi connectivity index (χ0v) is 34.5. The van der Waals surface area contributed by atoms with Crippen molar-refractivity contribution in [3.63, 3.8) is 0 Å². The van der Waals surface area contributed by atoms with Crippen LogP contribution in [0.1, 0.15) is 18.3 Å². The Morgan fingerprint density at radius 3 is 1.39 bits per heavy atom. The van der Waals surface area contributed by atoms with E-state index in [1.807, 2.05) is 120 Å². The van der Waals surface area contributed by atoms with Gasteiger partial charge in [-0.2, -0.15) is 10.5 Å². The molecule has 4 aromatic carbocycles. The highest BCUT2D eigenvalue weighted by molar-refractivity contribution is 6.06. The molecule has 1 amide bonds. The minimum Gasteiger partial charge on any atom is -0.497 e. The van der Waals surface area contributed by atoms with E-state index in [0.29, 0.717) is 37.6 Å². The molecule has 12 heteroatoms. The van der Waals surface area contributed by atoms with Gasteiger partial charge in [-0.25, -0.2) is 9.97 Å². The highest BCUT2D eigenvalue weighted by atomic mass is 16.5. The second-order valence-electron chi connectivity index (χ2n) is 14.8. The summed E-state index contributed by atoms with van der Waals surface area (Å²) >= 11 is 0. The maximum atomic E-state index is 11.7. The van der Waals surface area contributed by atoms with E-state index in [1.54, 1.807) is 21.1 Å². The third kappa shape index (κ3) is 8.30. The molecule has 0 N–H and O–H groups in total. The molecule has 2 aliphatic rings. The number of methoxy groups -OCH3 is 2. The molecule has 0 aliphatic carbocycles. The Kier molecular flexibility index (Phi) is 11.9. The third-order valence-corrected chi connectivity index (χ3v) is 11.4. The Bertz CT molecular complexity index is 2760. The van der Waals surface area contributed by atoms with Crippen LogP contribution in [0.2, 0.25) is 0 Å². The molecule has 9 rings (SSSR count).